The van der Waals surface area contributed by atoms with Crippen LogP contribution in [0, 0.1) is 11.8 Å². The highest BCUT2D eigenvalue weighted by molar-refractivity contribution is 7.94. The van der Waals surface area contributed by atoms with Crippen molar-refractivity contribution in [1.29, 1.82) is 0 Å². The first-order valence-corrected chi connectivity index (χ1v) is 12.4. The third-order valence-electron chi connectivity index (χ3n) is 5.59. The average Bonchev–Trinajstić information content (AvgIpc) is 3.29. The highest BCUT2D eigenvalue weighted by atomic mass is 32.2. The number of pyridine rings is 1. The van der Waals surface area contributed by atoms with E-state index in [9.17, 15) is 0 Å². The number of para-hydroxylation sites is 1. The molecule has 6 nitrogen and oxygen atoms in total. The molecule has 0 saturated heterocycles. The Hall–Kier alpha value is -4.38. The monoisotopic (exact) mass is 507 g/mol. The molecule has 0 fully saturated rings. The van der Waals surface area contributed by atoms with Crippen LogP contribution in [0.4, 0.5) is 5.69 Å². The van der Waals surface area contributed by atoms with Crippen LogP contribution in [0.2, 0.25) is 0 Å². The van der Waals surface area contributed by atoms with Crippen LogP contribution in [0.1, 0.15) is 5.56 Å². The van der Waals surface area contributed by atoms with Gasteiger partial charge in [0, 0.05) is 41.8 Å². The van der Waals surface area contributed by atoms with E-state index in [4.69, 9.17) is 14.1 Å². The molecule has 0 amide bonds. The van der Waals surface area contributed by atoms with Gasteiger partial charge >= 0.3 is 0 Å². The van der Waals surface area contributed by atoms with Gasteiger partial charge in [-0.1, -0.05) is 64.7 Å². The predicted molar refractivity (Wildman–Crippen MR) is 148 cm³/mol. The summed E-state index contributed by atoms with van der Waals surface area (Å²) in [5.41, 5.74) is 4.56. The lowest BCUT2D eigenvalue weighted by molar-refractivity contribution is -0.188. The Morgan fingerprint density at radius 3 is 2.35 bits per heavy atom. The second kappa shape index (κ2) is 11.6. The van der Waals surface area contributed by atoms with Crippen LogP contribution in [-0.4, -0.2) is 30.4 Å². The molecule has 37 heavy (non-hydrogen) atoms. The first-order valence-electron chi connectivity index (χ1n) is 11.7. The normalized spacial score (nSPS) is 10.5. The number of fused-ring (bicyclic) bond motifs is 1. The zero-order valence-electron chi connectivity index (χ0n) is 20.5. The molecule has 5 aromatic rings. The van der Waals surface area contributed by atoms with Gasteiger partial charge in [0.25, 0.3) is 0 Å². The molecule has 2 aromatic heterocycles. The SMILES string of the molecule is CN(C)c1ccc(-c2cnc3c(c2)c(C#CCOc2ccccc2)cn3OOSc2ccccc2)cc1. The summed E-state index contributed by atoms with van der Waals surface area (Å²) in [6, 6.07) is 29.8. The highest BCUT2D eigenvalue weighted by Crippen LogP contribution is 2.28. The molecule has 0 N–H and O–H groups in total. The Morgan fingerprint density at radius 1 is 0.892 bits per heavy atom. The fourth-order valence-electron chi connectivity index (χ4n) is 3.68. The van der Waals surface area contributed by atoms with Crippen LogP contribution in [0.25, 0.3) is 22.2 Å². The van der Waals surface area contributed by atoms with Gasteiger partial charge in [-0.2, -0.15) is 0 Å². The van der Waals surface area contributed by atoms with E-state index in [1.54, 1.807) is 6.20 Å². The highest BCUT2D eigenvalue weighted by Gasteiger charge is 2.13. The minimum atomic E-state index is 0.261. The lowest BCUT2D eigenvalue weighted by atomic mass is 10.1. The van der Waals surface area contributed by atoms with E-state index in [0.717, 1.165) is 50.5 Å². The van der Waals surface area contributed by atoms with E-state index in [0.29, 0.717) is 5.65 Å². The standard InChI is InChI=1S/C30H25N3O3S/c1-32(2)26-17-15-23(16-18-26)25-20-29-24(10-9-19-34-27-11-5-3-6-12-27)22-33(30(29)31-21-25)35-36-37-28-13-7-4-8-14-28/h3-8,11-18,20-22H,19H2,1-2H3. The lowest BCUT2D eigenvalue weighted by Gasteiger charge is -2.12. The molecule has 0 radical (unpaired) electrons. The van der Waals surface area contributed by atoms with Crippen molar-refractivity contribution in [3.63, 3.8) is 0 Å². The molecule has 2 heterocycles. The number of rotatable bonds is 8. The van der Waals surface area contributed by atoms with Gasteiger partial charge in [-0.15, -0.1) is 4.73 Å². The van der Waals surface area contributed by atoms with Gasteiger partial charge in [0.15, 0.2) is 5.65 Å². The molecule has 0 saturated carbocycles. The Morgan fingerprint density at radius 2 is 1.62 bits per heavy atom. The van der Waals surface area contributed by atoms with E-state index in [1.807, 2.05) is 81.0 Å². The molecule has 0 aliphatic heterocycles. The molecule has 0 aliphatic rings. The van der Waals surface area contributed by atoms with Crippen LogP contribution in [0.15, 0.2) is 108 Å². The summed E-state index contributed by atoms with van der Waals surface area (Å²) < 4.78 is 12.6. The van der Waals surface area contributed by atoms with Crippen LogP contribution in [-0.2, 0) is 4.33 Å². The minimum absolute atomic E-state index is 0.261. The fourth-order valence-corrected chi connectivity index (χ4v) is 4.12. The van der Waals surface area contributed by atoms with Crippen molar-refractivity contribution in [2.45, 2.75) is 4.90 Å². The predicted octanol–water partition coefficient (Wildman–Crippen LogP) is 6.27. The van der Waals surface area contributed by atoms with Gasteiger partial charge in [0.1, 0.15) is 12.4 Å². The molecule has 0 unspecified atom stereocenters. The number of hydrogen-bond donors (Lipinski definition) is 0. The van der Waals surface area contributed by atoms with Crippen LogP contribution >= 0.6 is 12.0 Å². The zero-order valence-corrected chi connectivity index (χ0v) is 21.3. The number of hydrogen-bond acceptors (Lipinski definition) is 6. The van der Waals surface area contributed by atoms with E-state index in [-0.39, 0.29) is 6.61 Å². The molecule has 7 heteroatoms. The zero-order chi connectivity index (χ0) is 25.5. The molecule has 3 aromatic carbocycles. The van der Waals surface area contributed by atoms with Gasteiger partial charge in [-0.3, -0.25) is 0 Å². The van der Waals surface area contributed by atoms with Gasteiger partial charge in [-0.25, -0.2) is 9.97 Å². The van der Waals surface area contributed by atoms with Crippen LogP contribution in [0.5, 0.6) is 5.75 Å². The number of nitrogens with zero attached hydrogens (tertiary/aromatic N) is 3. The quantitative estimate of drug-likeness (QED) is 0.107. The largest absolute Gasteiger partial charge is 0.481 e. The third-order valence-corrected chi connectivity index (χ3v) is 6.18. The van der Waals surface area contributed by atoms with E-state index >= 15 is 0 Å². The van der Waals surface area contributed by atoms with Crippen molar-refractivity contribution in [1.82, 2.24) is 9.71 Å². The summed E-state index contributed by atoms with van der Waals surface area (Å²) in [6.07, 6.45) is 3.60. The number of ether oxygens (including phenoxy) is 1. The Kier molecular flexibility index (Phi) is 7.60. The van der Waals surface area contributed by atoms with E-state index in [1.165, 1.54) is 4.73 Å². The maximum Gasteiger partial charge on any atom is 0.180 e. The molecule has 0 atom stereocenters. The maximum atomic E-state index is 5.72. The van der Waals surface area contributed by atoms with Crippen molar-refractivity contribution < 1.29 is 14.1 Å². The first kappa shape index (κ1) is 24.3. The third kappa shape index (κ3) is 6.07. The Bertz CT molecular complexity index is 1520. The van der Waals surface area contributed by atoms with Crippen molar-refractivity contribution >= 4 is 28.8 Å². The fraction of sp³-hybridized carbons (Fsp3) is 0.100. The molecular weight excluding hydrogens is 482 g/mol. The summed E-state index contributed by atoms with van der Waals surface area (Å²) in [5.74, 6) is 7.08. The molecule has 0 spiro atoms. The first-order chi connectivity index (χ1) is 18.2. The molecule has 0 bridgehead atoms. The van der Waals surface area contributed by atoms with Gasteiger partial charge < -0.3 is 9.64 Å². The van der Waals surface area contributed by atoms with Crippen LogP contribution in [0.3, 0.4) is 0 Å². The molecule has 0 aliphatic carbocycles. The summed E-state index contributed by atoms with van der Waals surface area (Å²) in [6.45, 7) is 0.261. The van der Waals surface area contributed by atoms with Gasteiger partial charge in [0.2, 0.25) is 0 Å². The summed E-state index contributed by atoms with van der Waals surface area (Å²) in [7, 11) is 4.05. The average molecular weight is 508 g/mol. The van der Waals surface area contributed by atoms with Crippen molar-refractivity contribution in [2.24, 2.45) is 0 Å². The van der Waals surface area contributed by atoms with E-state index < -0.39 is 0 Å². The number of aromatic nitrogens is 2. The maximum absolute atomic E-state index is 5.72. The lowest BCUT2D eigenvalue weighted by Crippen LogP contribution is -2.08. The van der Waals surface area contributed by atoms with Crippen molar-refractivity contribution in [2.75, 3.05) is 25.6 Å². The summed E-state index contributed by atoms with van der Waals surface area (Å²) in [4.78, 5) is 13.3. The molecular formula is C30H25N3O3S. The second-order valence-corrected chi connectivity index (χ2v) is 9.12. The van der Waals surface area contributed by atoms with Gasteiger partial charge in [0.05, 0.1) is 23.8 Å². The summed E-state index contributed by atoms with van der Waals surface area (Å²) >= 11 is 1.12. The van der Waals surface area contributed by atoms with E-state index in [2.05, 4.69) is 52.1 Å². The second-order valence-electron chi connectivity index (χ2n) is 8.35. The van der Waals surface area contributed by atoms with Crippen LogP contribution < -0.4 is 14.6 Å². The van der Waals surface area contributed by atoms with Gasteiger partial charge in [-0.05, 0) is 48.0 Å². The molecule has 184 valence electrons. The van der Waals surface area contributed by atoms with Crippen molar-refractivity contribution in [3.05, 3.63) is 109 Å². The Balaban J connectivity index is 1.41. The topological polar surface area (TPSA) is 48.8 Å². The summed E-state index contributed by atoms with van der Waals surface area (Å²) in [5, 5.41) is 0.856. The minimum Gasteiger partial charge on any atom is -0.481 e. The number of anilines is 1. The van der Waals surface area contributed by atoms with Crippen molar-refractivity contribution in [3.8, 4) is 28.7 Å². The number of benzene rings is 3. The smallest absolute Gasteiger partial charge is 0.180 e. The Labute approximate surface area is 220 Å². The molecule has 5 rings (SSSR count).